The summed E-state index contributed by atoms with van der Waals surface area (Å²) in [5.74, 6) is -0.00623. The summed E-state index contributed by atoms with van der Waals surface area (Å²) in [5.41, 5.74) is 3.64. The largest absolute Gasteiger partial charge is 0.391 e. The van der Waals surface area contributed by atoms with Gasteiger partial charge in [-0.25, -0.2) is 0 Å². The van der Waals surface area contributed by atoms with Gasteiger partial charge in [0.1, 0.15) is 0 Å². The normalized spacial score (nSPS) is 20.5. The van der Waals surface area contributed by atoms with Crippen LogP contribution in [0.1, 0.15) is 21.7 Å². The van der Waals surface area contributed by atoms with Gasteiger partial charge in [-0.15, -0.1) is 0 Å². The van der Waals surface area contributed by atoms with Crippen LogP contribution in [0.3, 0.4) is 0 Å². The van der Waals surface area contributed by atoms with Crippen LogP contribution in [0.25, 0.3) is 10.9 Å². The molecule has 2 aromatic heterocycles. The van der Waals surface area contributed by atoms with Gasteiger partial charge >= 0.3 is 0 Å². The number of H-pyrrole nitrogens is 1. The van der Waals surface area contributed by atoms with Gasteiger partial charge in [-0.3, -0.25) is 9.89 Å². The first-order valence-electron chi connectivity index (χ1n) is 8.54. The number of likely N-dealkylation sites (tertiary alicyclic amines) is 1. The second-order valence-electron chi connectivity index (χ2n) is 6.98. The summed E-state index contributed by atoms with van der Waals surface area (Å²) in [6.45, 7) is 2.88. The predicted octanol–water partition coefficient (Wildman–Crippen LogP) is 1.89. The van der Waals surface area contributed by atoms with Gasteiger partial charge in [0.25, 0.3) is 5.91 Å². The first kappa shape index (κ1) is 15.9. The van der Waals surface area contributed by atoms with Crippen LogP contribution in [-0.2, 0) is 13.5 Å². The molecular formula is C19H22N4O2. The van der Waals surface area contributed by atoms with E-state index in [2.05, 4.69) is 10.2 Å². The van der Waals surface area contributed by atoms with Gasteiger partial charge in [-0.1, -0.05) is 6.07 Å². The Hall–Kier alpha value is -2.60. The molecule has 0 unspecified atom stereocenters. The van der Waals surface area contributed by atoms with Gasteiger partial charge in [0.05, 0.1) is 11.8 Å². The van der Waals surface area contributed by atoms with Crippen molar-refractivity contribution in [1.29, 1.82) is 0 Å². The van der Waals surface area contributed by atoms with E-state index in [9.17, 15) is 9.90 Å². The van der Waals surface area contributed by atoms with E-state index in [4.69, 9.17) is 0 Å². The van der Waals surface area contributed by atoms with Crippen molar-refractivity contribution in [3.05, 3.63) is 53.5 Å². The van der Waals surface area contributed by atoms with Crippen LogP contribution in [0.15, 0.2) is 36.5 Å². The number of aromatic nitrogens is 3. The van der Waals surface area contributed by atoms with Crippen molar-refractivity contribution in [2.75, 3.05) is 13.1 Å². The van der Waals surface area contributed by atoms with Crippen molar-refractivity contribution in [3.8, 4) is 0 Å². The van der Waals surface area contributed by atoms with Crippen molar-refractivity contribution in [2.45, 2.75) is 19.4 Å². The number of nitrogens with one attached hydrogen (secondary N) is 1. The average molecular weight is 338 g/mol. The highest BCUT2D eigenvalue weighted by Crippen LogP contribution is 2.24. The number of aliphatic hydroxyl groups is 1. The maximum Gasteiger partial charge on any atom is 0.254 e. The number of fused-ring (bicyclic) bond motifs is 1. The zero-order valence-electron chi connectivity index (χ0n) is 14.4. The molecule has 1 fully saturated rings. The van der Waals surface area contributed by atoms with Crippen LogP contribution in [0.4, 0.5) is 0 Å². The highest BCUT2D eigenvalue weighted by molar-refractivity contribution is 5.98. The van der Waals surface area contributed by atoms with Crippen molar-refractivity contribution < 1.29 is 9.90 Å². The Balaban J connectivity index is 1.51. The van der Waals surface area contributed by atoms with E-state index in [1.807, 2.05) is 55.1 Å². The summed E-state index contributed by atoms with van der Waals surface area (Å²) >= 11 is 0. The highest BCUT2D eigenvalue weighted by atomic mass is 16.3. The summed E-state index contributed by atoms with van der Waals surface area (Å²) in [4.78, 5) is 14.6. The lowest BCUT2D eigenvalue weighted by Crippen LogP contribution is -2.29. The quantitative estimate of drug-likeness (QED) is 0.766. The summed E-state index contributed by atoms with van der Waals surface area (Å²) < 4.78 is 2.01. The molecule has 25 heavy (non-hydrogen) atoms. The summed E-state index contributed by atoms with van der Waals surface area (Å²) in [5, 5.41) is 18.6. The number of aromatic amines is 1. The first-order valence-corrected chi connectivity index (χ1v) is 8.54. The lowest BCUT2D eigenvalue weighted by atomic mass is 10.0. The first-order chi connectivity index (χ1) is 12.0. The van der Waals surface area contributed by atoms with Crippen molar-refractivity contribution in [2.24, 2.45) is 13.0 Å². The van der Waals surface area contributed by atoms with E-state index in [-0.39, 0.29) is 11.8 Å². The molecule has 3 heterocycles. The molecular weight excluding hydrogens is 316 g/mol. The number of hydrogen-bond acceptors (Lipinski definition) is 3. The minimum absolute atomic E-state index is 0.0189. The summed E-state index contributed by atoms with van der Waals surface area (Å²) in [7, 11) is 1.97. The third kappa shape index (κ3) is 2.93. The molecule has 0 saturated carbocycles. The molecule has 130 valence electrons. The number of rotatable bonds is 3. The van der Waals surface area contributed by atoms with E-state index in [1.165, 1.54) is 0 Å². The number of carbonyl (C=O) groups is 1. The van der Waals surface area contributed by atoms with Crippen molar-refractivity contribution >= 4 is 16.8 Å². The Labute approximate surface area is 146 Å². The molecule has 1 aromatic carbocycles. The van der Waals surface area contributed by atoms with E-state index in [1.54, 1.807) is 4.90 Å². The standard InChI is InChI=1S/C19H22N4O2/c1-12-7-16(21-20-12)8-15-10-23(11-18(15)24)19(25)14-4-3-13-5-6-22(2)17(13)9-14/h3-7,9,15,18,24H,8,10-11H2,1-2H3,(H,20,21)/t15-,18-/m1/s1. The van der Waals surface area contributed by atoms with Gasteiger partial charge in [-0.05, 0) is 43.0 Å². The van der Waals surface area contributed by atoms with Gasteiger partial charge < -0.3 is 14.6 Å². The number of hydrogen-bond donors (Lipinski definition) is 2. The molecule has 3 aromatic rings. The van der Waals surface area contributed by atoms with Gasteiger partial charge in [0.15, 0.2) is 0 Å². The van der Waals surface area contributed by atoms with Gasteiger partial charge in [0.2, 0.25) is 0 Å². The fraction of sp³-hybridized carbons (Fsp3) is 0.368. The van der Waals surface area contributed by atoms with Crippen LogP contribution in [0, 0.1) is 12.8 Å². The molecule has 2 atom stereocenters. The number of aliphatic hydroxyl groups excluding tert-OH is 1. The molecule has 1 amide bonds. The number of carbonyl (C=O) groups excluding carboxylic acids is 1. The van der Waals surface area contributed by atoms with Gasteiger partial charge in [-0.2, -0.15) is 5.10 Å². The van der Waals surface area contributed by atoms with Crippen molar-refractivity contribution in [1.82, 2.24) is 19.7 Å². The Bertz CT molecular complexity index is 927. The van der Waals surface area contributed by atoms with E-state index < -0.39 is 6.10 Å². The number of nitrogens with zero attached hydrogens (tertiary/aromatic N) is 3. The van der Waals surface area contributed by atoms with Crippen LogP contribution in [0.5, 0.6) is 0 Å². The lowest BCUT2D eigenvalue weighted by molar-refractivity contribution is 0.0765. The summed E-state index contributed by atoms with van der Waals surface area (Å²) in [6.07, 6.45) is 2.15. The van der Waals surface area contributed by atoms with Crippen LogP contribution in [-0.4, -0.2) is 49.9 Å². The minimum Gasteiger partial charge on any atom is -0.391 e. The molecule has 0 aliphatic carbocycles. The maximum absolute atomic E-state index is 12.9. The molecule has 0 radical (unpaired) electrons. The number of amides is 1. The topological polar surface area (TPSA) is 74.2 Å². The molecule has 0 spiro atoms. The Morgan fingerprint density at radius 3 is 2.92 bits per heavy atom. The van der Waals surface area contributed by atoms with Gasteiger partial charge in [0, 0.05) is 49.0 Å². The molecule has 1 saturated heterocycles. The monoisotopic (exact) mass is 338 g/mol. The summed E-state index contributed by atoms with van der Waals surface area (Å²) in [6, 6.07) is 9.78. The van der Waals surface area contributed by atoms with Crippen LogP contribution in [0.2, 0.25) is 0 Å². The SMILES string of the molecule is Cc1cc(C[C@@H]2CN(C(=O)c3ccc4ccn(C)c4c3)C[C@H]2O)n[nH]1. The molecule has 1 aliphatic rings. The molecule has 6 heteroatoms. The average Bonchev–Trinajstić information content (AvgIpc) is 3.28. The van der Waals surface area contributed by atoms with Crippen LogP contribution >= 0.6 is 0 Å². The van der Waals surface area contributed by atoms with Crippen LogP contribution < -0.4 is 0 Å². The highest BCUT2D eigenvalue weighted by Gasteiger charge is 2.34. The fourth-order valence-electron chi connectivity index (χ4n) is 3.65. The van der Waals surface area contributed by atoms with E-state index in [0.29, 0.717) is 25.1 Å². The Morgan fingerprint density at radius 2 is 2.16 bits per heavy atom. The van der Waals surface area contributed by atoms with E-state index >= 15 is 0 Å². The molecule has 0 bridgehead atoms. The second-order valence-corrected chi connectivity index (χ2v) is 6.98. The number of benzene rings is 1. The molecule has 1 aliphatic heterocycles. The number of β-amino-alcohol motifs (C(OH)–C–C–N with tert-alkyl or cyclic N) is 1. The predicted molar refractivity (Wildman–Crippen MR) is 95.3 cm³/mol. The number of aryl methyl sites for hydroxylation is 2. The molecule has 4 rings (SSSR count). The Morgan fingerprint density at radius 1 is 1.32 bits per heavy atom. The molecule has 6 nitrogen and oxygen atoms in total. The third-order valence-corrected chi connectivity index (χ3v) is 5.06. The third-order valence-electron chi connectivity index (χ3n) is 5.06. The fourth-order valence-corrected chi connectivity index (χ4v) is 3.65. The zero-order valence-corrected chi connectivity index (χ0v) is 14.4. The second kappa shape index (κ2) is 6.04. The lowest BCUT2D eigenvalue weighted by Gasteiger charge is -2.16. The maximum atomic E-state index is 12.9. The molecule has 2 N–H and O–H groups in total. The minimum atomic E-state index is -0.514. The smallest absolute Gasteiger partial charge is 0.254 e. The van der Waals surface area contributed by atoms with Crippen molar-refractivity contribution in [3.63, 3.8) is 0 Å². The Kier molecular flexibility index (Phi) is 3.84. The zero-order chi connectivity index (χ0) is 17.6. The van der Waals surface area contributed by atoms with E-state index in [0.717, 1.165) is 22.3 Å².